The van der Waals surface area contributed by atoms with Crippen molar-refractivity contribution in [2.75, 3.05) is 24.7 Å². The van der Waals surface area contributed by atoms with Gasteiger partial charge in [0.25, 0.3) is 0 Å². The van der Waals surface area contributed by atoms with Crippen LogP contribution in [0.25, 0.3) is 0 Å². The van der Waals surface area contributed by atoms with E-state index in [0.29, 0.717) is 18.8 Å². The van der Waals surface area contributed by atoms with Crippen LogP contribution >= 0.6 is 0 Å². The molecule has 4 heteroatoms. The fourth-order valence-corrected chi connectivity index (χ4v) is 3.47. The Labute approximate surface area is 149 Å². The second kappa shape index (κ2) is 7.58. The van der Waals surface area contributed by atoms with E-state index in [0.717, 1.165) is 30.6 Å². The largest absolute Gasteiger partial charge is 0.472 e. The molecule has 1 aromatic rings. The number of allylic oxidation sites excluding steroid dienone is 3. The third kappa shape index (κ3) is 3.62. The lowest BCUT2D eigenvalue weighted by molar-refractivity contribution is 0.0522. The van der Waals surface area contributed by atoms with Crippen LogP contribution in [0.4, 0.5) is 5.69 Å². The third-order valence-corrected chi connectivity index (χ3v) is 4.58. The maximum Gasteiger partial charge on any atom is 0.205 e. The number of anilines is 1. The molecule has 4 nitrogen and oxygen atoms in total. The molecule has 1 aromatic carbocycles. The fraction of sp³-hybridized carbons (Fsp3) is 0.381. The van der Waals surface area contributed by atoms with Crippen LogP contribution in [0.15, 0.2) is 54.3 Å². The number of ether oxygens (including phenoxy) is 2. The Morgan fingerprint density at radius 2 is 2.24 bits per heavy atom. The normalized spacial score (nSPS) is 23.4. The quantitative estimate of drug-likeness (QED) is 0.780. The number of benzene rings is 1. The number of rotatable bonds is 3. The first-order chi connectivity index (χ1) is 12.2. The molecule has 1 aliphatic carbocycles. The van der Waals surface area contributed by atoms with Crippen molar-refractivity contribution >= 4 is 5.69 Å². The molecule has 0 N–H and O–H groups in total. The predicted molar refractivity (Wildman–Crippen MR) is 99.2 cm³/mol. The zero-order valence-corrected chi connectivity index (χ0v) is 14.9. The van der Waals surface area contributed by atoms with Gasteiger partial charge in [-0.1, -0.05) is 18.2 Å². The second-order valence-electron chi connectivity index (χ2n) is 6.40. The van der Waals surface area contributed by atoms with Crippen LogP contribution in [0.5, 0.6) is 0 Å². The first-order valence-corrected chi connectivity index (χ1v) is 8.72. The molecule has 3 rings (SSSR count). The Bertz CT molecular complexity index is 758. The van der Waals surface area contributed by atoms with Crippen molar-refractivity contribution < 1.29 is 9.47 Å². The van der Waals surface area contributed by atoms with E-state index in [2.05, 4.69) is 36.1 Å². The Hall–Kier alpha value is -2.51. The molecule has 0 fully saturated rings. The summed E-state index contributed by atoms with van der Waals surface area (Å²) in [5, 5.41) is 9.23. The summed E-state index contributed by atoms with van der Waals surface area (Å²) in [7, 11) is 0. The standard InChI is InChI=1S/C21H24N2O2/c1-3-11-25-21(9-4-5-17(2)15-21)23-10-13-24-12-8-19-14-18(16-22)6-7-20(19)23/h3-7,11,14-15H,8-10,12-13H2,1-2H3. The van der Waals surface area contributed by atoms with Gasteiger partial charge in [-0.25, -0.2) is 0 Å². The second-order valence-corrected chi connectivity index (χ2v) is 6.40. The molecule has 1 heterocycles. The first-order valence-electron chi connectivity index (χ1n) is 8.72. The van der Waals surface area contributed by atoms with Gasteiger partial charge in [0, 0.05) is 18.7 Å². The number of hydrogen-bond donors (Lipinski definition) is 0. The van der Waals surface area contributed by atoms with Gasteiger partial charge in [-0.15, -0.1) is 0 Å². The van der Waals surface area contributed by atoms with Crippen LogP contribution in [0.1, 0.15) is 31.4 Å². The molecular weight excluding hydrogens is 312 g/mol. The maximum absolute atomic E-state index is 9.23. The predicted octanol–water partition coefficient (Wildman–Crippen LogP) is 4.09. The highest BCUT2D eigenvalue weighted by atomic mass is 16.5. The van der Waals surface area contributed by atoms with Crippen molar-refractivity contribution in [2.45, 2.75) is 32.4 Å². The minimum Gasteiger partial charge on any atom is -0.472 e. The van der Waals surface area contributed by atoms with Gasteiger partial charge in [0.1, 0.15) is 0 Å². The maximum atomic E-state index is 9.23. The molecule has 25 heavy (non-hydrogen) atoms. The Balaban J connectivity index is 2.10. The smallest absolute Gasteiger partial charge is 0.205 e. The van der Waals surface area contributed by atoms with Gasteiger partial charge in [-0.05, 0) is 55.7 Å². The molecule has 2 aliphatic rings. The van der Waals surface area contributed by atoms with Gasteiger partial charge in [0.15, 0.2) is 0 Å². The molecule has 1 unspecified atom stereocenters. The Morgan fingerprint density at radius 1 is 1.36 bits per heavy atom. The summed E-state index contributed by atoms with van der Waals surface area (Å²) in [5.41, 5.74) is 3.52. The van der Waals surface area contributed by atoms with Crippen molar-refractivity contribution in [3.05, 3.63) is 65.5 Å². The molecule has 0 saturated heterocycles. The highest BCUT2D eigenvalue weighted by molar-refractivity contribution is 5.60. The van der Waals surface area contributed by atoms with E-state index in [1.54, 1.807) is 6.26 Å². The minimum absolute atomic E-state index is 0.574. The highest BCUT2D eigenvalue weighted by Crippen LogP contribution is 2.36. The van der Waals surface area contributed by atoms with E-state index in [-0.39, 0.29) is 0 Å². The van der Waals surface area contributed by atoms with Crippen molar-refractivity contribution in [1.29, 1.82) is 5.26 Å². The monoisotopic (exact) mass is 336 g/mol. The third-order valence-electron chi connectivity index (χ3n) is 4.58. The van der Waals surface area contributed by atoms with Gasteiger partial charge in [-0.3, -0.25) is 0 Å². The van der Waals surface area contributed by atoms with E-state index < -0.39 is 5.72 Å². The molecule has 0 spiro atoms. The summed E-state index contributed by atoms with van der Waals surface area (Å²) < 4.78 is 12.0. The summed E-state index contributed by atoms with van der Waals surface area (Å²) in [5.74, 6) is 0. The molecule has 0 amide bonds. The van der Waals surface area contributed by atoms with Crippen LogP contribution in [0.3, 0.4) is 0 Å². The zero-order chi connectivity index (χ0) is 17.7. The number of hydrogen-bond acceptors (Lipinski definition) is 4. The minimum atomic E-state index is -0.574. The van der Waals surface area contributed by atoms with Gasteiger partial charge in [0.2, 0.25) is 5.72 Å². The molecule has 130 valence electrons. The fourth-order valence-electron chi connectivity index (χ4n) is 3.47. The zero-order valence-electron chi connectivity index (χ0n) is 14.9. The van der Waals surface area contributed by atoms with Crippen LogP contribution in [-0.4, -0.2) is 25.5 Å². The topological polar surface area (TPSA) is 45.5 Å². The van der Waals surface area contributed by atoms with Crippen LogP contribution in [-0.2, 0) is 15.9 Å². The van der Waals surface area contributed by atoms with Crippen molar-refractivity contribution in [2.24, 2.45) is 0 Å². The lowest BCUT2D eigenvalue weighted by atomic mass is 9.95. The van der Waals surface area contributed by atoms with Gasteiger partial charge >= 0.3 is 0 Å². The van der Waals surface area contributed by atoms with E-state index in [4.69, 9.17) is 9.47 Å². The summed E-state index contributed by atoms with van der Waals surface area (Å²) in [4.78, 5) is 2.27. The van der Waals surface area contributed by atoms with Gasteiger partial charge < -0.3 is 14.4 Å². The average Bonchev–Trinajstić information content (AvgIpc) is 2.60. The lowest BCUT2D eigenvalue weighted by Crippen LogP contribution is -2.51. The van der Waals surface area contributed by atoms with Gasteiger partial charge in [0.05, 0.1) is 31.1 Å². The molecule has 0 bridgehead atoms. The van der Waals surface area contributed by atoms with Crippen molar-refractivity contribution in [3.8, 4) is 6.07 Å². The number of nitrogens with zero attached hydrogens (tertiary/aromatic N) is 2. The first kappa shape index (κ1) is 17.3. The summed E-state index contributed by atoms with van der Waals surface area (Å²) in [6.07, 6.45) is 11.7. The van der Waals surface area contributed by atoms with Crippen LogP contribution in [0, 0.1) is 11.3 Å². The Kier molecular flexibility index (Phi) is 5.25. The Morgan fingerprint density at radius 3 is 3.00 bits per heavy atom. The lowest BCUT2D eigenvalue weighted by Gasteiger charge is -2.44. The molecule has 0 radical (unpaired) electrons. The molecule has 1 aliphatic heterocycles. The summed E-state index contributed by atoms with van der Waals surface area (Å²) >= 11 is 0. The van der Waals surface area contributed by atoms with Crippen LogP contribution in [0.2, 0.25) is 0 Å². The molecular formula is C21H24N2O2. The molecule has 1 atom stereocenters. The molecule has 0 aromatic heterocycles. The van der Waals surface area contributed by atoms with E-state index in [9.17, 15) is 5.26 Å². The van der Waals surface area contributed by atoms with Crippen molar-refractivity contribution in [3.63, 3.8) is 0 Å². The SMILES string of the molecule is CC=COC1(N2CCOCCc3cc(C#N)ccc32)C=C(C)C=CC1. The molecule has 0 saturated carbocycles. The van der Waals surface area contributed by atoms with Crippen molar-refractivity contribution in [1.82, 2.24) is 0 Å². The number of nitriles is 1. The van der Waals surface area contributed by atoms with E-state index >= 15 is 0 Å². The van der Waals surface area contributed by atoms with Crippen LogP contribution < -0.4 is 4.90 Å². The summed E-state index contributed by atoms with van der Waals surface area (Å²) in [6.45, 7) is 6.09. The average molecular weight is 336 g/mol. The number of fused-ring (bicyclic) bond motifs is 1. The van der Waals surface area contributed by atoms with Gasteiger partial charge in [-0.2, -0.15) is 5.26 Å². The van der Waals surface area contributed by atoms with E-state index in [1.807, 2.05) is 31.2 Å². The summed E-state index contributed by atoms with van der Waals surface area (Å²) in [6, 6.07) is 8.13. The highest BCUT2D eigenvalue weighted by Gasteiger charge is 2.38. The van der Waals surface area contributed by atoms with E-state index in [1.165, 1.54) is 5.57 Å².